The number of aryl methyl sites for hydroxylation is 2. The van der Waals surface area contributed by atoms with E-state index in [1.165, 1.54) is 45.5 Å². The zero-order valence-electron chi connectivity index (χ0n) is 16.2. The van der Waals surface area contributed by atoms with E-state index in [0.717, 1.165) is 30.2 Å². The van der Waals surface area contributed by atoms with Crippen LogP contribution in [0.15, 0.2) is 39.9 Å². The Hall–Kier alpha value is -2.52. The maximum Gasteiger partial charge on any atom is 0.279 e. The van der Waals surface area contributed by atoms with Crippen LogP contribution in [0, 0.1) is 0 Å². The number of amides is 2. The summed E-state index contributed by atoms with van der Waals surface area (Å²) in [5, 5.41) is 0.416. The highest BCUT2D eigenvalue weighted by Gasteiger charge is 2.17. The quantitative estimate of drug-likeness (QED) is 0.552. The van der Waals surface area contributed by atoms with Gasteiger partial charge in [-0.15, -0.1) is 11.3 Å². The summed E-state index contributed by atoms with van der Waals surface area (Å²) >= 11 is 4.83. The third-order valence-corrected chi connectivity index (χ3v) is 6.86. The zero-order valence-corrected chi connectivity index (χ0v) is 18.6. The van der Waals surface area contributed by atoms with Crippen LogP contribution in [0.25, 0.3) is 10.9 Å². The number of rotatable bonds is 3. The lowest BCUT2D eigenvalue weighted by Crippen LogP contribution is -2.44. The monoisotopic (exact) mass is 488 g/mol. The Balaban J connectivity index is 1.40. The molecule has 1 aliphatic rings. The summed E-state index contributed by atoms with van der Waals surface area (Å²) in [5.74, 6) is -0.843. The number of nitrogens with one attached hydrogen (secondary N) is 2. The molecule has 0 saturated heterocycles. The van der Waals surface area contributed by atoms with Crippen LogP contribution in [0.2, 0.25) is 0 Å². The molecule has 2 aromatic heterocycles. The van der Waals surface area contributed by atoms with Crippen molar-refractivity contribution in [3.8, 4) is 0 Å². The van der Waals surface area contributed by atoms with Crippen LogP contribution < -0.4 is 16.4 Å². The molecule has 7 nitrogen and oxygen atoms in total. The Kier molecular flexibility index (Phi) is 6.29. The molecule has 4 rings (SSSR count). The summed E-state index contributed by atoms with van der Waals surface area (Å²) < 4.78 is 1.97. The summed E-state index contributed by atoms with van der Waals surface area (Å²) in [4.78, 5) is 43.4. The van der Waals surface area contributed by atoms with Crippen molar-refractivity contribution < 1.29 is 9.59 Å². The average molecular weight is 489 g/mol. The molecule has 3 aromatic rings. The van der Waals surface area contributed by atoms with Crippen LogP contribution in [0.3, 0.4) is 0 Å². The number of nitrogens with zero attached hydrogens (tertiary/aromatic N) is 2. The van der Waals surface area contributed by atoms with Crippen LogP contribution >= 0.6 is 27.3 Å². The van der Waals surface area contributed by atoms with Gasteiger partial charge in [0.05, 0.1) is 22.1 Å². The first-order valence-corrected chi connectivity index (χ1v) is 11.5. The molecular formula is C21H21BrN4O3S. The van der Waals surface area contributed by atoms with Gasteiger partial charge in [-0.2, -0.15) is 0 Å². The van der Waals surface area contributed by atoms with E-state index in [9.17, 15) is 14.4 Å². The number of thiophene rings is 1. The molecule has 0 unspecified atom stereocenters. The van der Waals surface area contributed by atoms with Crippen molar-refractivity contribution >= 4 is 50.0 Å². The minimum absolute atomic E-state index is 0.241. The molecule has 1 aromatic carbocycles. The van der Waals surface area contributed by atoms with Gasteiger partial charge in [0.2, 0.25) is 0 Å². The lowest BCUT2D eigenvalue weighted by atomic mass is 10.00. The average Bonchev–Trinajstić information content (AvgIpc) is 3.10. The normalized spacial score (nSPS) is 13.9. The molecule has 0 aliphatic heterocycles. The number of hydrogen-bond donors (Lipinski definition) is 2. The molecule has 156 valence electrons. The first-order valence-electron chi connectivity index (χ1n) is 9.87. The van der Waals surface area contributed by atoms with Crippen LogP contribution in [-0.2, 0) is 24.2 Å². The molecule has 0 saturated carbocycles. The van der Waals surface area contributed by atoms with Gasteiger partial charge in [0.15, 0.2) is 0 Å². The summed E-state index contributed by atoms with van der Waals surface area (Å²) in [5.41, 5.74) is 6.33. The summed E-state index contributed by atoms with van der Waals surface area (Å²) in [6.45, 7) is -0.241. The van der Waals surface area contributed by atoms with E-state index >= 15 is 0 Å². The Labute approximate surface area is 185 Å². The number of aromatic nitrogens is 2. The number of carbonyl (C=O) groups excluding carboxylic acids is 2. The number of hydrogen-bond acceptors (Lipinski definition) is 5. The molecule has 9 heteroatoms. The van der Waals surface area contributed by atoms with Crippen LogP contribution in [0.5, 0.6) is 0 Å². The minimum atomic E-state index is -0.503. The maximum absolute atomic E-state index is 12.6. The fourth-order valence-electron chi connectivity index (χ4n) is 3.58. The van der Waals surface area contributed by atoms with Gasteiger partial charge in [-0.05, 0) is 55.5 Å². The number of fused-ring (bicyclic) bond motifs is 2. The number of carbonyl (C=O) groups is 2. The standard InChI is InChI=1S/C21H21BrN4O3S/c22-14-7-8-16-15(10-14)21(29)26(12-23-16)11-19(27)24-25-20(28)18-9-13-5-3-1-2-4-6-17(13)30-18/h7-10,12H,1-6,11H2,(H,24,27)(H,25,28). The lowest BCUT2D eigenvalue weighted by molar-refractivity contribution is -0.122. The van der Waals surface area contributed by atoms with Crippen molar-refractivity contribution in [3.63, 3.8) is 0 Å². The van der Waals surface area contributed by atoms with Gasteiger partial charge in [0, 0.05) is 9.35 Å². The lowest BCUT2D eigenvalue weighted by Gasteiger charge is -2.08. The van der Waals surface area contributed by atoms with Crippen LogP contribution in [-0.4, -0.2) is 21.4 Å². The van der Waals surface area contributed by atoms with E-state index in [1.54, 1.807) is 18.2 Å². The second-order valence-corrected chi connectivity index (χ2v) is 9.37. The van der Waals surface area contributed by atoms with Gasteiger partial charge < -0.3 is 0 Å². The third-order valence-electron chi connectivity index (χ3n) is 5.14. The summed E-state index contributed by atoms with van der Waals surface area (Å²) in [7, 11) is 0. The number of halogens is 1. The smallest absolute Gasteiger partial charge is 0.279 e. The fourth-order valence-corrected chi connectivity index (χ4v) is 5.09. The first kappa shape index (κ1) is 20.7. The van der Waals surface area contributed by atoms with Gasteiger partial charge >= 0.3 is 0 Å². The predicted molar refractivity (Wildman–Crippen MR) is 120 cm³/mol. The van der Waals surface area contributed by atoms with E-state index in [2.05, 4.69) is 31.8 Å². The molecule has 2 heterocycles. The zero-order chi connectivity index (χ0) is 21.1. The van der Waals surface area contributed by atoms with Crippen molar-refractivity contribution in [2.45, 2.75) is 45.1 Å². The number of hydrazine groups is 1. The Morgan fingerprint density at radius 1 is 1.10 bits per heavy atom. The van der Waals surface area contributed by atoms with Crippen molar-refractivity contribution in [3.05, 3.63) is 60.7 Å². The molecule has 2 amide bonds. The van der Waals surface area contributed by atoms with Gasteiger partial charge in [-0.25, -0.2) is 4.98 Å². The molecule has 0 spiro atoms. The Morgan fingerprint density at radius 2 is 1.90 bits per heavy atom. The molecule has 0 bridgehead atoms. The van der Waals surface area contributed by atoms with Crippen molar-refractivity contribution in [2.75, 3.05) is 0 Å². The molecule has 0 fully saturated rings. The second-order valence-electron chi connectivity index (χ2n) is 7.31. The molecule has 0 radical (unpaired) electrons. The summed E-state index contributed by atoms with van der Waals surface area (Å²) in [6, 6.07) is 7.13. The Morgan fingerprint density at radius 3 is 2.73 bits per heavy atom. The number of benzene rings is 1. The van der Waals surface area contributed by atoms with Crippen molar-refractivity contribution in [1.29, 1.82) is 0 Å². The minimum Gasteiger partial charge on any atom is -0.289 e. The Bertz CT molecular complexity index is 1150. The van der Waals surface area contributed by atoms with E-state index in [0.29, 0.717) is 15.8 Å². The van der Waals surface area contributed by atoms with Gasteiger partial charge in [0.25, 0.3) is 17.4 Å². The van der Waals surface area contributed by atoms with Gasteiger partial charge in [0.1, 0.15) is 6.54 Å². The van der Waals surface area contributed by atoms with E-state index in [4.69, 9.17) is 0 Å². The second kappa shape index (κ2) is 9.09. The van der Waals surface area contributed by atoms with E-state index < -0.39 is 5.91 Å². The van der Waals surface area contributed by atoms with Gasteiger partial charge in [-0.1, -0.05) is 28.8 Å². The molecule has 30 heavy (non-hydrogen) atoms. The summed E-state index contributed by atoms with van der Waals surface area (Å²) in [6.07, 6.45) is 8.09. The molecule has 2 N–H and O–H groups in total. The fraction of sp³-hybridized carbons (Fsp3) is 0.333. The first-order chi connectivity index (χ1) is 14.5. The predicted octanol–water partition coefficient (Wildman–Crippen LogP) is 3.34. The van der Waals surface area contributed by atoms with Crippen LogP contribution in [0.1, 0.15) is 45.8 Å². The van der Waals surface area contributed by atoms with E-state index in [1.807, 2.05) is 6.07 Å². The van der Waals surface area contributed by atoms with E-state index in [-0.39, 0.29) is 18.0 Å². The largest absolute Gasteiger partial charge is 0.289 e. The van der Waals surface area contributed by atoms with Crippen molar-refractivity contribution in [1.82, 2.24) is 20.4 Å². The highest BCUT2D eigenvalue weighted by Crippen LogP contribution is 2.28. The third kappa shape index (κ3) is 4.62. The van der Waals surface area contributed by atoms with Crippen molar-refractivity contribution in [2.24, 2.45) is 0 Å². The highest BCUT2D eigenvalue weighted by molar-refractivity contribution is 9.10. The highest BCUT2D eigenvalue weighted by atomic mass is 79.9. The molecular weight excluding hydrogens is 468 g/mol. The maximum atomic E-state index is 12.6. The van der Waals surface area contributed by atoms with Gasteiger partial charge in [-0.3, -0.25) is 29.8 Å². The topological polar surface area (TPSA) is 93.1 Å². The SMILES string of the molecule is O=C(Cn1cnc2ccc(Br)cc2c1=O)NNC(=O)c1cc2c(s1)CCCCCC2. The van der Waals surface area contributed by atoms with Crippen LogP contribution in [0.4, 0.5) is 0 Å². The molecule has 1 aliphatic carbocycles. The molecule has 0 atom stereocenters.